The van der Waals surface area contributed by atoms with Gasteiger partial charge < -0.3 is 30.6 Å². The van der Waals surface area contributed by atoms with Gasteiger partial charge in [-0.25, -0.2) is 18.7 Å². The van der Waals surface area contributed by atoms with E-state index in [-0.39, 0.29) is 31.5 Å². The van der Waals surface area contributed by atoms with E-state index in [1.54, 1.807) is 6.92 Å². The molecule has 5 heterocycles. The minimum atomic E-state index is -1.78. The third kappa shape index (κ3) is 12.2. The summed E-state index contributed by atoms with van der Waals surface area (Å²) in [6.45, 7) is 13.8. The number of nitrogens with two attached hydrogens (primary N) is 2. The number of fused-ring (bicyclic) bond motifs is 6. The number of carbonyl (C=O) groups is 2. The van der Waals surface area contributed by atoms with Crippen molar-refractivity contribution < 1.29 is 41.4 Å². The first-order valence-electron chi connectivity index (χ1n) is 23.1. The van der Waals surface area contributed by atoms with E-state index in [9.17, 15) is 27.2 Å². The molecule has 8 rings (SSSR count). The van der Waals surface area contributed by atoms with Crippen molar-refractivity contribution in [2.45, 2.75) is 78.8 Å². The summed E-state index contributed by atoms with van der Waals surface area (Å²) in [4.78, 5) is 36.7. The Bertz CT molecular complexity index is 2860. The summed E-state index contributed by atoms with van der Waals surface area (Å²) < 4.78 is 73.0. The second-order valence-corrected chi connectivity index (χ2v) is 16.8. The van der Waals surface area contributed by atoms with Gasteiger partial charge in [0.15, 0.2) is 23.3 Å². The fourth-order valence-electron chi connectivity index (χ4n) is 7.93. The van der Waals surface area contributed by atoms with Crippen LogP contribution in [-0.4, -0.2) is 105 Å². The van der Waals surface area contributed by atoms with E-state index < -0.39 is 35.0 Å². The number of nitrogen functional groups attached to an aromatic ring is 2. The zero-order valence-corrected chi connectivity index (χ0v) is 38.7. The Kier molecular flexibility index (Phi) is 16.8. The molecule has 68 heavy (non-hydrogen) atoms. The number of halogens is 4. The quantitative estimate of drug-likeness (QED) is 0.0246. The molecule has 1 aliphatic heterocycles. The summed E-state index contributed by atoms with van der Waals surface area (Å²) in [6.07, 6.45) is 8.99. The van der Waals surface area contributed by atoms with Crippen LogP contribution in [0.5, 0.6) is 5.75 Å². The molecule has 0 radical (unpaired) electrons. The lowest BCUT2D eigenvalue weighted by molar-refractivity contribution is -0.136. The Morgan fingerprint density at radius 3 is 1.81 bits per heavy atom. The van der Waals surface area contributed by atoms with Gasteiger partial charge in [0.05, 0.1) is 43.9 Å². The normalized spacial score (nSPS) is 13.2. The predicted molar refractivity (Wildman–Crippen MR) is 255 cm³/mol. The van der Waals surface area contributed by atoms with Gasteiger partial charge in [-0.15, -0.1) is 0 Å². The van der Waals surface area contributed by atoms with Crippen LogP contribution in [0.15, 0.2) is 54.9 Å². The van der Waals surface area contributed by atoms with E-state index >= 15 is 0 Å². The number of benzene rings is 3. The maximum Gasteiger partial charge on any atom is 0.313 e. The highest BCUT2D eigenvalue weighted by atomic mass is 19.2. The molecule has 1 saturated heterocycles. The summed E-state index contributed by atoms with van der Waals surface area (Å²) >= 11 is 0. The molecule has 0 amide bonds. The predicted octanol–water partition coefficient (Wildman–Crippen LogP) is 8.16. The van der Waals surface area contributed by atoms with Crippen molar-refractivity contribution in [3.05, 3.63) is 83.7 Å². The molecule has 362 valence electrons. The number of aryl methyl sites for hydroxylation is 2. The minimum Gasteiger partial charge on any atom is -0.420 e. The fraction of sp³-hybridized carbons (Fsp3) is 0.429. The van der Waals surface area contributed by atoms with Crippen LogP contribution in [0, 0.1) is 23.3 Å². The Balaban J connectivity index is 0.000000203. The maximum absolute atomic E-state index is 13.6. The topological polar surface area (TPSA) is 182 Å². The van der Waals surface area contributed by atoms with Gasteiger partial charge in [0.25, 0.3) is 0 Å². The lowest BCUT2D eigenvalue weighted by atomic mass is 10.1. The molecular weight excluding hydrogens is 885 g/mol. The number of aromatic nitrogens is 6. The zero-order valence-electron chi connectivity index (χ0n) is 38.7. The molecule has 0 aliphatic carbocycles. The number of nitrogens with zero attached hydrogens (tertiary/aromatic N) is 8. The first-order chi connectivity index (χ1) is 32.8. The number of piperazine rings is 1. The van der Waals surface area contributed by atoms with E-state index in [1.165, 1.54) is 5.69 Å². The number of Topliss-reactive ketones (excluding diaryl/α,β-unsaturated/α-hetero) is 1. The molecule has 0 saturated carbocycles. The van der Waals surface area contributed by atoms with Gasteiger partial charge in [-0.05, 0) is 62.1 Å². The van der Waals surface area contributed by atoms with Crippen molar-refractivity contribution >= 4 is 72.7 Å². The molecule has 19 heteroatoms. The lowest BCUT2D eigenvalue weighted by Crippen LogP contribution is -2.47. The number of pyridine rings is 2. The first-order valence-corrected chi connectivity index (χ1v) is 23.1. The molecule has 1 fully saturated rings. The van der Waals surface area contributed by atoms with E-state index in [1.807, 2.05) is 33.8 Å². The third-order valence-electron chi connectivity index (χ3n) is 11.8. The van der Waals surface area contributed by atoms with Crippen LogP contribution in [0.1, 0.15) is 64.9 Å². The van der Waals surface area contributed by atoms with E-state index in [0.29, 0.717) is 43.2 Å². The van der Waals surface area contributed by atoms with Gasteiger partial charge in [0.1, 0.15) is 16.8 Å². The van der Waals surface area contributed by atoms with Crippen LogP contribution in [0.25, 0.3) is 43.6 Å². The molecule has 3 aromatic carbocycles. The molecule has 4 aromatic heterocycles. The summed E-state index contributed by atoms with van der Waals surface area (Å²) in [5.41, 5.74) is 17.6. The molecular formula is C49H58F4N10O5. The van der Waals surface area contributed by atoms with Gasteiger partial charge in [-0.1, -0.05) is 32.8 Å². The van der Waals surface area contributed by atoms with Crippen molar-refractivity contribution in [3.8, 4) is 5.75 Å². The molecule has 0 bridgehead atoms. The number of hydrogen-bond donors (Lipinski definition) is 2. The smallest absolute Gasteiger partial charge is 0.313 e. The van der Waals surface area contributed by atoms with E-state index in [2.05, 4.69) is 72.9 Å². The lowest BCUT2D eigenvalue weighted by Gasteiger charge is -2.36. The third-order valence-corrected chi connectivity index (χ3v) is 11.8. The van der Waals surface area contributed by atoms with Crippen LogP contribution in [-0.2, 0) is 38.6 Å². The Morgan fingerprint density at radius 1 is 0.662 bits per heavy atom. The molecule has 15 nitrogen and oxygen atoms in total. The Labute approximate surface area is 391 Å². The van der Waals surface area contributed by atoms with Gasteiger partial charge in [-0.3, -0.25) is 23.9 Å². The fourth-order valence-corrected chi connectivity index (χ4v) is 7.93. The second kappa shape index (κ2) is 23.0. The molecule has 0 unspecified atom stereocenters. The van der Waals surface area contributed by atoms with Crippen molar-refractivity contribution in [1.82, 2.24) is 34.4 Å². The van der Waals surface area contributed by atoms with Gasteiger partial charge in [-0.2, -0.15) is 19.0 Å². The average molecular weight is 943 g/mol. The number of ether oxygens (including phenoxy) is 3. The molecule has 0 atom stereocenters. The van der Waals surface area contributed by atoms with E-state index in [0.717, 1.165) is 115 Å². The number of anilines is 3. The Hall–Kier alpha value is -6.44. The summed E-state index contributed by atoms with van der Waals surface area (Å²) in [6, 6.07) is 12.2. The number of carbonyl (C=O) groups excluding carboxylic acids is 2. The zero-order chi connectivity index (χ0) is 48.3. The summed E-state index contributed by atoms with van der Waals surface area (Å²) in [5, 5.41) is 13.2. The van der Waals surface area contributed by atoms with Gasteiger partial charge in [0.2, 0.25) is 17.4 Å². The standard InChI is InChI=1S/C25H24F4N4O3.C24H34N6O2/c1-2-3-8-33-13-16-15-11-14(4-5-19(15)31-25(30)23(16)32-33)6-9-35-10-7-20(34)36-24-21(28)17(26)12-18(27)22(24)29;1-3-4-8-30-17-21-20-16-19(5-6-22(20)26-24(25)23(21)27-30)29-11-9-28(10-12-29)13-15-32-14-7-18(2)31/h4-5,11-13H,2-3,6-10H2,1H3,(H2,30,31);5-6,16-17H,3-4,7-15H2,1-2H3,(H2,25,26). The first kappa shape index (κ1) is 49.5. The van der Waals surface area contributed by atoms with Crippen molar-refractivity contribution in [2.24, 2.45) is 0 Å². The van der Waals surface area contributed by atoms with Crippen molar-refractivity contribution in [3.63, 3.8) is 0 Å². The van der Waals surface area contributed by atoms with Crippen LogP contribution in [0.2, 0.25) is 0 Å². The van der Waals surface area contributed by atoms with Crippen LogP contribution < -0.4 is 21.1 Å². The number of ketones is 1. The van der Waals surface area contributed by atoms with Crippen molar-refractivity contribution in [1.29, 1.82) is 0 Å². The summed E-state index contributed by atoms with van der Waals surface area (Å²) in [7, 11) is 0. The highest BCUT2D eigenvalue weighted by molar-refractivity contribution is 6.09. The molecule has 0 spiro atoms. The van der Waals surface area contributed by atoms with E-state index in [4.69, 9.17) is 20.9 Å². The highest BCUT2D eigenvalue weighted by Crippen LogP contribution is 2.32. The second-order valence-electron chi connectivity index (χ2n) is 16.8. The van der Waals surface area contributed by atoms with Crippen LogP contribution in [0.4, 0.5) is 34.9 Å². The van der Waals surface area contributed by atoms with Gasteiger partial charge >= 0.3 is 5.97 Å². The molecule has 7 aromatic rings. The largest absolute Gasteiger partial charge is 0.420 e. The highest BCUT2D eigenvalue weighted by Gasteiger charge is 2.23. The average Bonchev–Trinajstić information content (AvgIpc) is 3.98. The van der Waals surface area contributed by atoms with Crippen LogP contribution in [0.3, 0.4) is 0 Å². The van der Waals surface area contributed by atoms with Crippen LogP contribution >= 0.6 is 0 Å². The SMILES string of the molecule is CCCCn1cc2c(n1)c(N)nc1ccc(CCOCCC(=O)Oc3c(F)c(F)cc(F)c3F)cc12.CCCCn1cc2c(n1)c(N)nc1ccc(N3CCN(CCOCCC(C)=O)CC3)cc12. The number of hydrogen-bond acceptors (Lipinski definition) is 13. The number of esters is 1. The molecule has 1 aliphatic rings. The molecule has 4 N–H and O–H groups in total. The van der Waals surface area contributed by atoms with Gasteiger partial charge in [0, 0.05) is 97.9 Å². The van der Waals surface area contributed by atoms with Crippen molar-refractivity contribution in [2.75, 3.05) is 75.5 Å². The number of rotatable bonds is 20. The minimum absolute atomic E-state index is 0.0342. The monoisotopic (exact) mass is 942 g/mol. The maximum atomic E-state index is 13.6. The Morgan fingerprint density at radius 2 is 1.22 bits per heavy atom. The number of unbranched alkanes of at least 4 members (excludes halogenated alkanes) is 2. The summed E-state index contributed by atoms with van der Waals surface area (Å²) in [5.74, 6) is -8.33.